The molecule has 2 heterocycles. The molecule has 1 unspecified atom stereocenters. The Morgan fingerprint density at radius 1 is 1.33 bits per heavy atom. The number of amides is 1. The maximum atomic E-state index is 12.1. The summed E-state index contributed by atoms with van der Waals surface area (Å²) in [6.07, 6.45) is 0.974. The second-order valence-corrected chi connectivity index (χ2v) is 5.96. The molecule has 2 aromatic rings. The third kappa shape index (κ3) is 4.36. The SMILES string of the molecule is O=C(Nc1ccc(Oc2ncc(Cl)cc2Cl)cc1)C1CNCCO1. The van der Waals surface area contributed by atoms with Crippen molar-refractivity contribution >= 4 is 34.8 Å². The number of carbonyl (C=O) groups excluding carboxylic acids is 1. The number of hydrogen-bond donors (Lipinski definition) is 2. The number of hydrogen-bond acceptors (Lipinski definition) is 5. The molecule has 3 rings (SSSR count). The van der Waals surface area contributed by atoms with Gasteiger partial charge >= 0.3 is 0 Å². The summed E-state index contributed by atoms with van der Waals surface area (Å²) in [5.41, 5.74) is 0.650. The highest BCUT2D eigenvalue weighted by molar-refractivity contribution is 6.35. The first-order valence-corrected chi connectivity index (χ1v) is 8.09. The predicted molar refractivity (Wildman–Crippen MR) is 92.0 cm³/mol. The summed E-state index contributed by atoms with van der Waals surface area (Å²) in [5, 5.41) is 6.67. The average Bonchev–Trinajstić information content (AvgIpc) is 2.60. The lowest BCUT2D eigenvalue weighted by molar-refractivity contribution is -0.128. The zero-order valence-electron chi connectivity index (χ0n) is 12.6. The Labute approximate surface area is 149 Å². The fourth-order valence-corrected chi connectivity index (χ4v) is 2.57. The van der Waals surface area contributed by atoms with Crippen LogP contribution in [0.5, 0.6) is 11.6 Å². The monoisotopic (exact) mass is 367 g/mol. The van der Waals surface area contributed by atoms with Gasteiger partial charge in [0.25, 0.3) is 5.91 Å². The van der Waals surface area contributed by atoms with E-state index in [-0.39, 0.29) is 11.8 Å². The number of aromatic nitrogens is 1. The van der Waals surface area contributed by atoms with E-state index in [4.69, 9.17) is 32.7 Å². The fourth-order valence-electron chi connectivity index (χ4n) is 2.15. The lowest BCUT2D eigenvalue weighted by Gasteiger charge is -2.22. The largest absolute Gasteiger partial charge is 0.438 e. The Morgan fingerprint density at radius 2 is 2.12 bits per heavy atom. The molecular weight excluding hydrogens is 353 g/mol. The van der Waals surface area contributed by atoms with Gasteiger partial charge in [-0.05, 0) is 30.3 Å². The minimum absolute atomic E-state index is 0.182. The van der Waals surface area contributed by atoms with Gasteiger partial charge in [0.1, 0.15) is 16.9 Å². The van der Waals surface area contributed by atoms with E-state index in [0.29, 0.717) is 34.6 Å². The Morgan fingerprint density at radius 3 is 2.79 bits per heavy atom. The molecule has 6 nitrogen and oxygen atoms in total. The van der Waals surface area contributed by atoms with E-state index in [0.717, 1.165) is 6.54 Å². The normalized spacial score (nSPS) is 17.3. The number of morpholine rings is 1. The predicted octanol–water partition coefficient (Wildman–Crippen LogP) is 3.11. The zero-order valence-corrected chi connectivity index (χ0v) is 14.1. The molecule has 1 aliphatic heterocycles. The molecule has 0 saturated carbocycles. The van der Waals surface area contributed by atoms with Crippen LogP contribution < -0.4 is 15.4 Å². The minimum Gasteiger partial charge on any atom is -0.438 e. The van der Waals surface area contributed by atoms with E-state index < -0.39 is 6.10 Å². The summed E-state index contributed by atoms with van der Waals surface area (Å²) in [6.45, 7) is 1.80. The van der Waals surface area contributed by atoms with Gasteiger partial charge in [0.05, 0.1) is 11.6 Å². The van der Waals surface area contributed by atoms with Crippen LogP contribution in [0.4, 0.5) is 5.69 Å². The summed E-state index contributed by atoms with van der Waals surface area (Å²) in [4.78, 5) is 16.1. The van der Waals surface area contributed by atoms with Gasteiger partial charge in [-0.2, -0.15) is 0 Å². The molecule has 24 heavy (non-hydrogen) atoms. The van der Waals surface area contributed by atoms with Crippen molar-refractivity contribution in [3.8, 4) is 11.6 Å². The first-order valence-electron chi connectivity index (χ1n) is 7.34. The molecule has 1 aromatic carbocycles. The van der Waals surface area contributed by atoms with Gasteiger partial charge in [0.2, 0.25) is 5.88 Å². The molecule has 1 aromatic heterocycles. The molecular formula is C16H15Cl2N3O3. The van der Waals surface area contributed by atoms with E-state index in [1.54, 1.807) is 30.3 Å². The lowest BCUT2D eigenvalue weighted by atomic mass is 10.2. The van der Waals surface area contributed by atoms with Crippen molar-refractivity contribution in [2.24, 2.45) is 0 Å². The van der Waals surface area contributed by atoms with Crippen molar-refractivity contribution < 1.29 is 14.3 Å². The highest BCUT2D eigenvalue weighted by atomic mass is 35.5. The van der Waals surface area contributed by atoms with E-state index in [9.17, 15) is 4.79 Å². The molecule has 0 spiro atoms. The Hall–Kier alpha value is -1.86. The van der Waals surface area contributed by atoms with Gasteiger partial charge in [0, 0.05) is 25.0 Å². The van der Waals surface area contributed by atoms with E-state index in [1.165, 1.54) is 6.20 Å². The second-order valence-electron chi connectivity index (χ2n) is 5.12. The Balaban J connectivity index is 1.61. The maximum Gasteiger partial charge on any atom is 0.254 e. The van der Waals surface area contributed by atoms with Crippen LogP contribution in [0.25, 0.3) is 0 Å². The molecule has 2 N–H and O–H groups in total. The molecule has 0 radical (unpaired) electrons. The Bertz CT molecular complexity index is 719. The topological polar surface area (TPSA) is 72.5 Å². The van der Waals surface area contributed by atoms with Crippen LogP contribution in [0.1, 0.15) is 0 Å². The molecule has 0 bridgehead atoms. The van der Waals surface area contributed by atoms with Crippen molar-refractivity contribution in [1.29, 1.82) is 0 Å². The van der Waals surface area contributed by atoms with E-state index >= 15 is 0 Å². The van der Waals surface area contributed by atoms with Crippen LogP contribution >= 0.6 is 23.2 Å². The third-order valence-electron chi connectivity index (χ3n) is 3.33. The number of halogens is 2. The molecule has 1 amide bonds. The summed E-state index contributed by atoms with van der Waals surface area (Å²) in [5.74, 6) is 0.623. The van der Waals surface area contributed by atoms with E-state index in [1.807, 2.05) is 0 Å². The third-order valence-corrected chi connectivity index (χ3v) is 3.81. The van der Waals surface area contributed by atoms with Gasteiger partial charge in [-0.15, -0.1) is 0 Å². The second kappa shape index (κ2) is 7.81. The summed E-state index contributed by atoms with van der Waals surface area (Å²) < 4.78 is 11.0. The average molecular weight is 368 g/mol. The Kier molecular flexibility index (Phi) is 5.52. The maximum absolute atomic E-state index is 12.1. The number of pyridine rings is 1. The van der Waals surface area contributed by atoms with Crippen LogP contribution in [0.3, 0.4) is 0 Å². The number of rotatable bonds is 4. The molecule has 8 heteroatoms. The number of nitrogens with one attached hydrogen (secondary N) is 2. The van der Waals surface area contributed by atoms with Crippen LogP contribution in [0.15, 0.2) is 36.5 Å². The molecule has 1 fully saturated rings. The van der Waals surface area contributed by atoms with Gasteiger partial charge in [-0.3, -0.25) is 4.79 Å². The number of nitrogens with zero attached hydrogens (tertiary/aromatic N) is 1. The number of ether oxygens (including phenoxy) is 2. The number of anilines is 1. The van der Waals surface area contributed by atoms with Crippen LogP contribution in [-0.2, 0) is 9.53 Å². The quantitative estimate of drug-likeness (QED) is 0.868. The fraction of sp³-hybridized carbons (Fsp3) is 0.250. The van der Waals surface area contributed by atoms with Gasteiger partial charge in [-0.25, -0.2) is 4.98 Å². The molecule has 1 atom stereocenters. The van der Waals surface area contributed by atoms with Crippen molar-refractivity contribution in [2.45, 2.75) is 6.10 Å². The molecule has 1 aliphatic rings. The van der Waals surface area contributed by atoms with Crippen LogP contribution in [0.2, 0.25) is 10.0 Å². The highest BCUT2D eigenvalue weighted by Crippen LogP contribution is 2.29. The summed E-state index contributed by atoms with van der Waals surface area (Å²) in [6, 6.07) is 8.43. The van der Waals surface area contributed by atoms with Gasteiger partial charge in [0.15, 0.2) is 0 Å². The number of benzene rings is 1. The molecule has 0 aliphatic carbocycles. The zero-order chi connectivity index (χ0) is 16.9. The van der Waals surface area contributed by atoms with Crippen LogP contribution in [-0.4, -0.2) is 36.7 Å². The van der Waals surface area contributed by atoms with Crippen molar-refractivity contribution in [3.05, 3.63) is 46.6 Å². The van der Waals surface area contributed by atoms with Crippen LogP contribution in [0, 0.1) is 0 Å². The van der Waals surface area contributed by atoms with Gasteiger partial charge in [-0.1, -0.05) is 23.2 Å². The van der Waals surface area contributed by atoms with Crippen molar-refractivity contribution in [3.63, 3.8) is 0 Å². The van der Waals surface area contributed by atoms with Crippen molar-refractivity contribution in [1.82, 2.24) is 10.3 Å². The van der Waals surface area contributed by atoms with Gasteiger partial charge < -0.3 is 20.1 Å². The minimum atomic E-state index is -0.480. The first kappa shape index (κ1) is 17.0. The molecule has 1 saturated heterocycles. The number of carbonyl (C=O) groups is 1. The van der Waals surface area contributed by atoms with E-state index in [2.05, 4.69) is 15.6 Å². The summed E-state index contributed by atoms with van der Waals surface area (Å²) in [7, 11) is 0. The smallest absolute Gasteiger partial charge is 0.254 e. The standard InChI is InChI=1S/C16H15Cl2N3O3/c17-10-7-13(18)16(20-8-10)24-12-3-1-11(2-4-12)21-15(22)14-9-19-5-6-23-14/h1-4,7-8,14,19H,5-6,9H2,(H,21,22). The first-order chi connectivity index (χ1) is 11.6. The lowest BCUT2D eigenvalue weighted by Crippen LogP contribution is -2.45. The highest BCUT2D eigenvalue weighted by Gasteiger charge is 2.21. The molecule has 126 valence electrons. The summed E-state index contributed by atoms with van der Waals surface area (Å²) >= 11 is 11.8. The van der Waals surface area contributed by atoms with Crippen molar-refractivity contribution in [2.75, 3.05) is 25.0 Å².